The number of pyridine rings is 1. The zero-order valence-corrected chi connectivity index (χ0v) is 13.5. The summed E-state index contributed by atoms with van der Waals surface area (Å²) in [6, 6.07) is 12.0. The molecular weight excluding hydrogens is 378 g/mol. The molecular formula is C13H11Br2NOS. The number of aryl methyl sites for hydroxylation is 1. The Morgan fingerprint density at radius 2 is 1.89 bits per heavy atom. The number of nitrogens with zero attached hydrogens (tertiary/aromatic N) is 1. The Bertz CT molecular complexity index is 583. The lowest BCUT2D eigenvalue weighted by atomic mass is 10.4. The maximum atomic E-state index is 11.8. The van der Waals surface area contributed by atoms with Crippen LogP contribution in [0.3, 0.4) is 0 Å². The van der Waals surface area contributed by atoms with Gasteiger partial charge in [0, 0.05) is 27.9 Å². The second kappa shape index (κ2) is 6.59. The van der Waals surface area contributed by atoms with Gasteiger partial charge in [-0.2, -0.15) is 0 Å². The minimum absolute atomic E-state index is 0.00635. The van der Waals surface area contributed by atoms with E-state index < -0.39 is 0 Å². The second-order valence-corrected chi connectivity index (χ2v) is 6.60. The van der Waals surface area contributed by atoms with Crippen molar-refractivity contribution in [2.45, 2.75) is 11.4 Å². The van der Waals surface area contributed by atoms with Crippen molar-refractivity contribution in [3.8, 4) is 0 Å². The lowest BCUT2D eigenvalue weighted by Crippen LogP contribution is -2.21. The van der Waals surface area contributed by atoms with E-state index >= 15 is 0 Å². The maximum Gasteiger partial charge on any atom is 0.264 e. The molecule has 0 radical (unpaired) electrons. The molecule has 94 valence electrons. The molecule has 0 amide bonds. The van der Waals surface area contributed by atoms with E-state index in [0.717, 1.165) is 10.2 Å². The third kappa shape index (κ3) is 3.73. The van der Waals surface area contributed by atoms with Crippen molar-refractivity contribution >= 4 is 43.6 Å². The first-order valence-electron chi connectivity index (χ1n) is 5.40. The average Bonchev–Trinajstić information content (AvgIpc) is 2.36. The summed E-state index contributed by atoms with van der Waals surface area (Å²) in [5.74, 6) is 0.868. The number of benzene rings is 1. The summed E-state index contributed by atoms with van der Waals surface area (Å²) in [6.45, 7) is 0.691. The molecule has 0 fully saturated rings. The van der Waals surface area contributed by atoms with Crippen molar-refractivity contribution < 1.29 is 0 Å². The zero-order valence-electron chi connectivity index (χ0n) is 9.48. The van der Waals surface area contributed by atoms with Crippen LogP contribution in [-0.4, -0.2) is 10.3 Å². The summed E-state index contributed by atoms with van der Waals surface area (Å²) in [5.41, 5.74) is 0.00635. The summed E-state index contributed by atoms with van der Waals surface area (Å²) in [7, 11) is 0. The SMILES string of the molecule is O=c1c(Br)cc(Br)cn1CCSc1ccccc1. The number of rotatable bonds is 4. The first-order valence-corrected chi connectivity index (χ1v) is 7.97. The highest BCUT2D eigenvalue weighted by Gasteiger charge is 2.03. The summed E-state index contributed by atoms with van der Waals surface area (Å²) < 4.78 is 3.20. The average molecular weight is 389 g/mol. The quantitative estimate of drug-likeness (QED) is 0.733. The summed E-state index contributed by atoms with van der Waals surface area (Å²) >= 11 is 8.40. The van der Waals surface area contributed by atoms with Crippen LogP contribution in [0.5, 0.6) is 0 Å². The fraction of sp³-hybridized carbons (Fsp3) is 0.154. The minimum atomic E-state index is 0.00635. The van der Waals surface area contributed by atoms with E-state index in [9.17, 15) is 4.79 Å². The zero-order chi connectivity index (χ0) is 13.0. The second-order valence-electron chi connectivity index (χ2n) is 3.67. The van der Waals surface area contributed by atoms with Gasteiger partial charge in [0.15, 0.2) is 0 Å². The first kappa shape index (κ1) is 13.9. The monoisotopic (exact) mass is 387 g/mol. The molecule has 0 saturated carbocycles. The van der Waals surface area contributed by atoms with Gasteiger partial charge in [-0.3, -0.25) is 4.79 Å². The molecule has 1 aromatic heterocycles. The molecule has 0 atom stereocenters. The van der Waals surface area contributed by atoms with E-state index in [2.05, 4.69) is 44.0 Å². The molecule has 0 bridgehead atoms. The van der Waals surface area contributed by atoms with Gasteiger partial charge in [0.1, 0.15) is 0 Å². The van der Waals surface area contributed by atoms with Crippen molar-refractivity contribution in [2.75, 3.05) is 5.75 Å². The van der Waals surface area contributed by atoms with Crippen LogP contribution in [0.25, 0.3) is 0 Å². The normalized spacial score (nSPS) is 10.6. The van der Waals surface area contributed by atoms with Crippen molar-refractivity contribution in [1.82, 2.24) is 4.57 Å². The van der Waals surface area contributed by atoms with E-state index in [1.165, 1.54) is 4.90 Å². The Labute approximate surface area is 127 Å². The van der Waals surface area contributed by atoms with Gasteiger partial charge in [0.05, 0.1) is 4.47 Å². The summed E-state index contributed by atoms with van der Waals surface area (Å²) in [4.78, 5) is 13.1. The molecule has 1 aromatic carbocycles. The highest BCUT2D eigenvalue weighted by Crippen LogP contribution is 2.18. The lowest BCUT2D eigenvalue weighted by molar-refractivity contribution is 0.728. The van der Waals surface area contributed by atoms with Gasteiger partial charge in [0.2, 0.25) is 0 Å². The summed E-state index contributed by atoms with van der Waals surface area (Å²) in [5, 5.41) is 0. The molecule has 0 aliphatic rings. The standard InChI is InChI=1S/C13H11Br2NOS/c14-10-8-12(15)13(17)16(9-10)6-7-18-11-4-2-1-3-5-11/h1-5,8-9H,6-7H2. The predicted molar refractivity (Wildman–Crippen MR) is 83.3 cm³/mol. The molecule has 0 unspecified atom stereocenters. The number of halogens is 2. The van der Waals surface area contributed by atoms with Crippen LogP contribution in [0.1, 0.15) is 0 Å². The van der Waals surface area contributed by atoms with Crippen molar-refractivity contribution in [3.63, 3.8) is 0 Å². The van der Waals surface area contributed by atoms with Crippen molar-refractivity contribution in [2.24, 2.45) is 0 Å². The van der Waals surface area contributed by atoms with Crippen LogP contribution < -0.4 is 5.56 Å². The first-order chi connectivity index (χ1) is 8.66. The van der Waals surface area contributed by atoms with Crippen LogP contribution >= 0.6 is 43.6 Å². The van der Waals surface area contributed by atoms with Gasteiger partial charge in [-0.15, -0.1) is 11.8 Å². The van der Waals surface area contributed by atoms with E-state index in [1.54, 1.807) is 22.4 Å². The molecule has 5 heteroatoms. The molecule has 0 N–H and O–H groups in total. The Morgan fingerprint density at radius 1 is 1.17 bits per heavy atom. The Kier molecular flexibility index (Phi) is 5.09. The van der Waals surface area contributed by atoms with E-state index in [-0.39, 0.29) is 5.56 Å². The number of thioether (sulfide) groups is 1. The molecule has 1 heterocycles. The minimum Gasteiger partial charge on any atom is -0.313 e. The summed E-state index contributed by atoms with van der Waals surface area (Å²) in [6.07, 6.45) is 1.82. The highest BCUT2D eigenvalue weighted by atomic mass is 79.9. The molecule has 18 heavy (non-hydrogen) atoms. The van der Waals surface area contributed by atoms with Crippen LogP contribution in [0, 0.1) is 0 Å². The Morgan fingerprint density at radius 3 is 2.61 bits per heavy atom. The smallest absolute Gasteiger partial charge is 0.264 e. The van der Waals surface area contributed by atoms with Crippen molar-refractivity contribution in [1.29, 1.82) is 0 Å². The molecule has 2 aromatic rings. The van der Waals surface area contributed by atoms with Gasteiger partial charge >= 0.3 is 0 Å². The fourth-order valence-electron chi connectivity index (χ4n) is 1.51. The number of hydrogen-bond acceptors (Lipinski definition) is 2. The van der Waals surface area contributed by atoms with Crippen LogP contribution in [0.4, 0.5) is 0 Å². The largest absolute Gasteiger partial charge is 0.313 e. The molecule has 2 nitrogen and oxygen atoms in total. The van der Waals surface area contributed by atoms with Gasteiger partial charge < -0.3 is 4.57 Å². The molecule has 0 saturated heterocycles. The molecule has 0 spiro atoms. The van der Waals surface area contributed by atoms with E-state index in [4.69, 9.17) is 0 Å². The molecule has 0 aliphatic carbocycles. The van der Waals surface area contributed by atoms with Gasteiger partial charge in [-0.25, -0.2) is 0 Å². The van der Waals surface area contributed by atoms with Gasteiger partial charge in [-0.05, 0) is 50.1 Å². The Hall–Kier alpha value is -0.520. The predicted octanol–water partition coefficient (Wildman–Crippen LogP) is 4.17. The third-order valence-electron chi connectivity index (χ3n) is 2.35. The molecule has 2 rings (SSSR count). The third-order valence-corrected chi connectivity index (χ3v) is 4.35. The highest BCUT2D eigenvalue weighted by molar-refractivity contribution is 9.11. The fourth-order valence-corrected chi connectivity index (χ4v) is 3.64. The van der Waals surface area contributed by atoms with Crippen LogP contribution in [-0.2, 0) is 6.54 Å². The van der Waals surface area contributed by atoms with Crippen LogP contribution in [0.2, 0.25) is 0 Å². The Balaban J connectivity index is 2.01. The lowest BCUT2D eigenvalue weighted by Gasteiger charge is -2.07. The molecule has 0 aliphatic heterocycles. The topological polar surface area (TPSA) is 22.0 Å². The van der Waals surface area contributed by atoms with Crippen LogP contribution in [0.15, 0.2) is 61.2 Å². The van der Waals surface area contributed by atoms with Gasteiger partial charge in [0.25, 0.3) is 5.56 Å². The van der Waals surface area contributed by atoms with E-state index in [0.29, 0.717) is 11.0 Å². The maximum absolute atomic E-state index is 11.8. The van der Waals surface area contributed by atoms with E-state index in [1.807, 2.05) is 24.4 Å². The van der Waals surface area contributed by atoms with Gasteiger partial charge in [-0.1, -0.05) is 18.2 Å². The van der Waals surface area contributed by atoms with Crippen molar-refractivity contribution in [3.05, 3.63) is 61.9 Å². The number of hydrogen-bond donors (Lipinski definition) is 0. The number of aromatic nitrogens is 1.